The van der Waals surface area contributed by atoms with E-state index in [1.807, 2.05) is 12.2 Å². The Balaban J connectivity index is 0.000000241. The Bertz CT molecular complexity index is 430. The first-order chi connectivity index (χ1) is 6.78. The van der Waals surface area contributed by atoms with Crippen molar-refractivity contribution >= 4 is 13.1 Å². The topological polar surface area (TPSA) is 51.2 Å². The van der Waals surface area contributed by atoms with E-state index in [9.17, 15) is 14.4 Å². The van der Waals surface area contributed by atoms with Gasteiger partial charge in [0.1, 0.15) is 0 Å². The summed E-state index contributed by atoms with van der Waals surface area (Å²) in [6, 6.07) is 0. The molecule has 0 N–H and O–H groups in total. The van der Waals surface area contributed by atoms with Crippen LogP contribution in [-0.4, -0.2) is 13.1 Å². The van der Waals surface area contributed by atoms with Gasteiger partial charge in [-0.05, 0) is 0 Å². The summed E-state index contributed by atoms with van der Waals surface area (Å²) >= 11 is -2.97. The van der Waals surface area contributed by atoms with E-state index in [0.29, 0.717) is 0 Å². The number of hydrogen-bond acceptors (Lipinski definition) is 3. The van der Waals surface area contributed by atoms with Gasteiger partial charge >= 0.3 is 42.8 Å². The second-order valence-electron chi connectivity index (χ2n) is 1.96. The molecular weight excluding hydrogens is 354 g/mol. The summed E-state index contributed by atoms with van der Waals surface area (Å²) in [6.45, 7) is 3.59. The van der Waals surface area contributed by atoms with Crippen molar-refractivity contribution < 1.29 is 29.8 Å². The second-order valence-corrected chi connectivity index (χ2v) is 5.66. The van der Waals surface area contributed by atoms with Crippen LogP contribution in [0.4, 0.5) is 0 Å². The summed E-state index contributed by atoms with van der Waals surface area (Å²) in [4.78, 5) is 28.2. The quantitative estimate of drug-likeness (QED) is 0.645. The Hall–Kier alpha value is -1.38. The zero-order valence-corrected chi connectivity index (χ0v) is 9.96. The maximum absolute atomic E-state index is 9.40. The van der Waals surface area contributed by atoms with Crippen LogP contribution in [0.15, 0.2) is 30.4 Å². The summed E-state index contributed by atoms with van der Waals surface area (Å²) in [5.74, 6) is 0. The Labute approximate surface area is 85.9 Å². The minimum atomic E-state index is -2.97. The first kappa shape index (κ1) is 12.6. The molecule has 0 heterocycles. The molecular formula is C10H7O3Re-. The van der Waals surface area contributed by atoms with Crippen LogP contribution >= 0.6 is 0 Å². The van der Waals surface area contributed by atoms with Gasteiger partial charge in [0, 0.05) is 0 Å². The zero-order chi connectivity index (χ0) is 10.8. The number of carbonyl (C=O) groups excluding carboxylic acids is 3. The van der Waals surface area contributed by atoms with Gasteiger partial charge in [0.25, 0.3) is 0 Å². The molecule has 14 heavy (non-hydrogen) atoms. The van der Waals surface area contributed by atoms with Crippen LogP contribution < -0.4 is 0 Å². The molecule has 0 unspecified atom stereocenters. The fourth-order valence-corrected chi connectivity index (χ4v) is 0.949. The van der Waals surface area contributed by atoms with E-state index in [0.717, 1.165) is 12.0 Å². The van der Waals surface area contributed by atoms with Gasteiger partial charge in [0.05, 0.1) is 0 Å². The summed E-state index contributed by atoms with van der Waals surface area (Å²) < 4.78 is 3.87. The third kappa shape index (κ3) is 5.30. The molecule has 0 bridgehead atoms. The van der Waals surface area contributed by atoms with Gasteiger partial charge in [-0.3, -0.25) is 0 Å². The van der Waals surface area contributed by atoms with Crippen molar-refractivity contribution in [1.29, 1.82) is 0 Å². The first-order valence-corrected chi connectivity index (χ1v) is 7.58. The van der Waals surface area contributed by atoms with Gasteiger partial charge < -0.3 is 0 Å². The van der Waals surface area contributed by atoms with Gasteiger partial charge in [-0.15, -0.1) is 6.08 Å². The number of hydrogen-bond donors (Lipinski definition) is 0. The normalized spacial score (nSPS) is 11.0. The van der Waals surface area contributed by atoms with Crippen molar-refractivity contribution in [1.82, 2.24) is 0 Å². The Morgan fingerprint density at radius 3 is 2.07 bits per heavy atom. The first-order valence-electron chi connectivity index (χ1n) is 3.51. The maximum atomic E-state index is 9.40. The molecule has 1 rings (SSSR count). The van der Waals surface area contributed by atoms with Crippen molar-refractivity contribution in [3.05, 3.63) is 36.5 Å². The fraction of sp³-hybridized carbons (Fsp3) is 0.100. The van der Waals surface area contributed by atoms with E-state index in [2.05, 4.69) is 18.7 Å². The SMILES string of the molecule is C=CC1=[C-]CC=C1.O=[C]=[Re](=[C]=O)=[C]=O. The van der Waals surface area contributed by atoms with E-state index in [-0.39, 0.29) is 0 Å². The molecule has 0 saturated heterocycles. The molecule has 73 valence electrons. The van der Waals surface area contributed by atoms with Gasteiger partial charge in [-0.1, -0.05) is 6.42 Å². The number of allylic oxidation sites excluding steroid dienone is 5. The van der Waals surface area contributed by atoms with Gasteiger partial charge in [0.15, 0.2) is 0 Å². The standard InChI is InChI=1S/C7H7.3CO.Re/c1-2-7-5-3-4-6-7;3*1-2;/h2-3,5H,1,4H2;;;;/q-1;;;;. The molecule has 0 fully saturated rings. The molecule has 0 aliphatic heterocycles. The second kappa shape index (κ2) is 8.23. The summed E-state index contributed by atoms with van der Waals surface area (Å²) in [5.41, 5.74) is 1.13. The van der Waals surface area contributed by atoms with Crippen molar-refractivity contribution in [2.24, 2.45) is 0 Å². The van der Waals surface area contributed by atoms with E-state index in [1.54, 1.807) is 0 Å². The average molecular weight is 361 g/mol. The van der Waals surface area contributed by atoms with Crippen molar-refractivity contribution in [3.8, 4) is 0 Å². The predicted molar refractivity (Wildman–Crippen MR) is 47.8 cm³/mol. The third-order valence-electron chi connectivity index (χ3n) is 1.17. The molecule has 0 amide bonds. The van der Waals surface area contributed by atoms with Crippen LogP contribution in [0.2, 0.25) is 0 Å². The molecule has 3 nitrogen and oxygen atoms in total. The molecule has 0 aromatic heterocycles. The van der Waals surface area contributed by atoms with Crippen molar-refractivity contribution in [3.63, 3.8) is 0 Å². The van der Waals surface area contributed by atoms with Crippen LogP contribution in [-0.2, 0) is 29.8 Å². The zero-order valence-electron chi connectivity index (χ0n) is 7.25. The fourth-order valence-electron chi connectivity index (χ4n) is 0.609. The molecule has 0 atom stereocenters. The van der Waals surface area contributed by atoms with Crippen LogP contribution in [0.5, 0.6) is 0 Å². The van der Waals surface area contributed by atoms with Crippen molar-refractivity contribution in [2.75, 3.05) is 0 Å². The summed E-state index contributed by atoms with van der Waals surface area (Å²) in [7, 11) is 0. The molecule has 0 radical (unpaired) electrons. The van der Waals surface area contributed by atoms with Gasteiger partial charge in [-0.2, -0.15) is 30.4 Å². The predicted octanol–water partition coefficient (Wildman–Crippen LogP) is 0.668. The molecule has 0 aromatic rings. The van der Waals surface area contributed by atoms with E-state index in [4.69, 9.17) is 0 Å². The molecule has 1 aliphatic carbocycles. The van der Waals surface area contributed by atoms with Gasteiger partial charge in [-0.25, -0.2) is 0 Å². The number of rotatable bonds is 1. The molecule has 0 aromatic carbocycles. The monoisotopic (exact) mass is 362 g/mol. The van der Waals surface area contributed by atoms with E-state index < -0.39 is 15.4 Å². The van der Waals surface area contributed by atoms with E-state index >= 15 is 0 Å². The van der Waals surface area contributed by atoms with Crippen LogP contribution in [0.25, 0.3) is 0 Å². The van der Waals surface area contributed by atoms with Crippen LogP contribution in [0.1, 0.15) is 6.42 Å². The Morgan fingerprint density at radius 2 is 1.93 bits per heavy atom. The molecule has 1 aliphatic rings. The van der Waals surface area contributed by atoms with Crippen LogP contribution in [0.3, 0.4) is 0 Å². The van der Waals surface area contributed by atoms with Crippen molar-refractivity contribution in [2.45, 2.75) is 6.42 Å². The Morgan fingerprint density at radius 1 is 1.36 bits per heavy atom. The Kier molecular flexibility index (Phi) is 7.42. The van der Waals surface area contributed by atoms with Crippen LogP contribution in [0, 0.1) is 6.08 Å². The molecule has 0 saturated carbocycles. The van der Waals surface area contributed by atoms with Gasteiger partial charge in [0.2, 0.25) is 0 Å². The molecule has 0 spiro atoms. The summed E-state index contributed by atoms with van der Waals surface area (Å²) in [6.07, 6.45) is 9.95. The van der Waals surface area contributed by atoms with E-state index in [1.165, 1.54) is 13.1 Å². The minimum absolute atomic E-state index is 0.960. The third-order valence-corrected chi connectivity index (χ3v) is 2.84. The summed E-state index contributed by atoms with van der Waals surface area (Å²) in [5, 5.41) is 0. The molecule has 4 heteroatoms. The average Bonchev–Trinajstić information content (AvgIpc) is 2.74.